The van der Waals surface area contributed by atoms with Crippen molar-refractivity contribution in [1.29, 1.82) is 0 Å². The van der Waals surface area contributed by atoms with E-state index >= 15 is 0 Å². The van der Waals surface area contributed by atoms with Gasteiger partial charge in [-0.2, -0.15) is 0 Å². The molecule has 0 saturated carbocycles. The highest BCUT2D eigenvalue weighted by Gasteiger charge is 2.20. The average Bonchev–Trinajstić information content (AvgIpc) is 2.64. The van der Waals surface area contributed by atoms with E-state index in [0.717, 1.165) is 28.2 Å². The van der Waals surface area contributed by atoms with Crippen LogP contribution in [-0.4, -0.2) is 14.2 Å². The maximum absolute atomic E-state index is 5.40. The zero-order valence-corrected chi connectivity index (χ0v) is 10.3. The second-order valence-corrected chi connectivity index (χ2v) is 4.25. The molecule has 1 N–H and O–H groups in total. The SMILES string of the molecule is COc1cc2c(c(OC)c1I)CNC2. The summed E-state index contributed by atoms with van der Waals surface area (Å²) in [6.45, 7) is 1.79. The summed E-state index contributed by atoms with van der Waals surface area (Å²) in [4.78, 5) is 0. The van der Waals surface area contributed by atoms with Crippen molar-refractivity contribution in [3.8, 4) is 11.5 Å². The van der Waals surface area contributed by atoms with Crippen LogP contribution in [0.1, 0.15) is 11.1 Å². The average molecular weight is 305 g/mol. The van der Waals surface area contributed by atoms with E-state index in [1.807, 2.05) is 0 Å². The summed E-state index contributed by atoms with van der Waals surface area (Å²) >= 11 is 2.26. The molecule has 0 atom stereocenters. The summed E-state index contributed by atoms with van der Waals surface area (Å²) in [6.07, 6.45) is 0. The molecule has 4 heteroatoms. The lowest BCUT2D eigenvalue weighted by Gasteiger charge is -2.12. The Morgan fingerprint density at radius 1 is 1.29 bits per heavy atom. The molecule has 0 spiro atoms. The van der Waals surface area contributed by atoms with Crippen molar-refractivity contribution >= 4 is 22.6 Å². The first-order valence-electron chi connectivity index (χ1n) is 4.41. The van der Waals surface area contributed by atoms with Crippen molar-refractivity contribution in [3.05, 3.63) is 20.8 Å². The second-order valence-electron chi connectivity index (χ2n) is 3.17. The number of rotatable bonds is 2. The van der Waals surface area contributed by atoms with E-state index in [4.69, 9.17) is 9.47 Å². The number of methoxy groups -OCH3 is 2. The standard InChI is InChI=1S/C10H12INO2/c1-13-8-3-6-4-12-5-7(6)10(14-2)9(8)11/h3,12H,4-5H2,1-2H3. The summed E-state index contributed by atoms with van der Waals surface area (Å²) in [5.74, 6) is 1.84. The fourth-order valence-electron chi connectivity index (χ4n) is 1.73. The first-order valence-corrected chi connectivity index (χ1v) is 5.48. The Bertz CT molecular complexity index is 365. The van der Waals surface area contributed by atoms with Crippen LogP contribution in [0, 0.1) is 3.57 Å². The molecule has 1 aromatic carbocycles. The monoisotopic (exact) mass is 305 g/mol. The topological polar surface area (TPSA) is 30.5 Å². The zero-order chi connectivity index (χ0) is 10.1. The number of benzene rings is 1. The lowest BCUT2D eigenvalue weighted by molar-refractivity contribution is 0.386. The number of fused-ring (bicyclic) bond motifs is 1. The van der Waals surface area contributed by atoms with Crippen molar-refractivity contribution in [2.75, 3.05) is 14.2 Å². The summed E-state index contributed by atoms with van der Waals surface area (Å²) in [6, 6.07) is 2.08. The second kappa shape index (κ2) is 3.94. The van der Waals surface area contributed by atoms with Crippen LogP contribution < -0.4 is 14.8 Å². The van der Waals surface area contributed by atoms with Gasteiger partial charge in [0.15, 0.2) is 0 Å². The molecule has 1 aliphatic rings. The smallest absolute Gasteiger partial charge is 0.140 e. The van der Waals surface area contributed by atoms with Crippen molar-refractivity contribution in [2.45, 2.75) is 13.1 Å². The lowest BCUT2D eigenvalue weighted by Crippen LogP contribution is -2.01. The fraction of sp³-hybridized carbons (Fsp3) is 0.400. The summed E-state index contributed by atoms with van der Waals surface area (Å²) in [5, 5.41) is 3.30. The van der Waals surface area contributed by atoms with Gasteiger partial charge in [-0.15, -0.1) is 0 Å². The molecule has 0 fully saturated rings. The summed E-state index contributed by atoms with van der Waals surface area (Å²) < 4.78 is 11.8. The third-order valence-electron chi connectivity index (χ3n) is 2.42. The van der Waals surface area contributed by atoms with E-state index in [1.165, 1.54) is 11.1 Å². The zero-order valence-electron chi connectivity index (χ0n) is 8.19. The summed E-state index contributed by atoms with van der Waals surface area (Å²) in [7, 11) is 3.39. The van der Waals surface area contributed by atoms with Crippen LogP contribution in [0.3, 0.4) is 0 Å². The molecule has 1 heterocycles. The molecule has 1 aliphatic heterocycles. The van der Waals surface area contributed by atoms with Gasteiger partial charge >= 0.3 is 0 Å². The van der Waals surface area contributed by atoms with Gasteiger partial charge in [0.1, 0.15) is 11.5 Å². The molecule has 0 aromatic heterocycles. The Labute approximate surface area is 96.9 Å². The number of ether oxygens (including phenoxy) is 2. The third kappa shape index (κ3) is 1.46. The molecular formula is C10H12INO2. The minimum absolute atomic E-state index is 0.887. The van der Waals surface area contributed by atoms with E-state index in [0.29, 0.717) is 0 Å². The fourth-order valence-corrected chi connectivity index (χ4v) is 2.66. The Hall–Kier alpha value is -0.490. The van der Waals surface area contributed by atoms with Crippen molar-refractivity contribution in [1.82, 2.24) is 5.32 Å². The van der Waals surface area contributed by atoms with Gasteiger partial charge in [0.2, 0.25) is 0 Å². The van der Waals surface area contributed by atoms with Crippen LogP contribution in [0.15, 0.2) is 6.07 Å². The van der Waals surface area contributed by atoms with E-state index < -0.39 is 0 Å². The number of nitrogens with one attached hydrogen (secondary N) is 1. The van der Waals surface area contributed by atoms with E-state index in [-0.39, 0.29) is 0 Å². The predicted octanol–water partition coefficient (Wildman–Crippen LogP) is 1.91. The van der Waals surface area contributed by atoms with E-state index in [9.17, 15) is 0 Å². The quantitative estimate of drug-likeness (QED) is 0.847. The van der Waals surface area contributed by atoms with Crippen LogP contribution in [0.25, 0.3) is 0 Å². The number of halogens is 1. The maximum Gasteiger partial charge on any atom is 0.140 e. The molecule has 0 amide bonds. The van der Waals surface area contributed by atoms with Crippen molar-refractivity contribution in [3.63, 3.8) is 0 Å². The van der Waals surface area contributed by atoms with Gasteiger partial charge in [-0.3, -0.25) is 0 Å². The van der Waals surface area contributed by atoms with Gasteiger partial charge < -0.3 is 14.8 Å². The molecule has 0 unspecified atom stereocenters. The molecule has 1 aromatic rings. The minimum Gasteiger partial charge on any atom is -0.495 e. The molecule has 2 rings (SSSR count). The lowest BCUT2D eigenvalue weighted by atomic mass is 10.1. The molecule has 14 heavy (non-hydrogen) atoms. The van der Waals surface area contributed by atoms with Gasteiger partial charge in [-0.05, 0) is 34.2 Å². The Morgan fingerprint density at radius 2 is 2.07 bits per heavy atom. The van der Waals surface area contributed by atoms with Gasteiger partial charge in [-0.1, -0.05) is 0 Å². The highest BCUT2D eigenvalue weighted by atomic mass is 127. The molecule has 0 aliphatic carbocycles. The Balaban J connectivity index is 2.60. The minimum atomic E-state index is 0.887. The molecule has 3 nitrogen and oxygen atoms in total. The Kier molecular flexibility index (Phi) is 2.83. The van der Waals surface area contributed by atoms with Crippen LogP contribution in [0.4, 0.5) is 0 Å². The molecule has 0 radical (unpaired) electrons. The van der Waals surface area contributed by atoms with Gasteiger partial charge in [0.05, 0.1) is 17.8 Å². The highest BCUT2D eigenvalue weighted by Crippen LogP contribution is 2.37. The molecular weight excluding hydrogens is 293 g/mol. The molecule has 76 valence electrons. The molecule has 0 saturated heterocycles. The van der Waals surface area contributed by atoms with Crippen LogP contribution in [0.2, 0.25) is 0 Å². The highest BCUT2D eigenvalue weighted by molar-refractivity contribution is 14.1. The first-order chi connectivity index (χ1) is 6.77. The van der Waals surface area contributed by atoms with Gasteiger partial charge in [0, 0.05) is 18.7 Å². The van der Waals surface area contributed by atoms with Gasteiger partial charge in [-0.25, -0.2) is 0 Å². The Morgan fingerprint density at radius 3 is 2.71 bits per heavy atom. The predicted molar refractivity (Wildman–Crippen MR) is 62.8 cm³/mol. The van der Waals surface area contributed by atoms with Crippen molar-refractivity contribution < 1.29 is 9.47 Å². The van der Waals surface area contributed by atoms with Crippen LogP contribution >= 0.6 is 22.6 Å². The number of hydrogen-bond acceptors (Lipinski definition) is 3. The van der Waals surface area contributed by atoms with Crippen molar-refractivity contribution in [2.24, 2.45) is 0 Å². The van der Waals surface area contributed by atoms with Gasteiger partial charge in [0.25, 0.3) is 0 Å². The van der Waals surface area contributed by atoms with E-state index in [1.54, 1.807) is 14.2 Å². The van der Waals surface area contributed by atoms with Crippen LogP contribution in [-0.2, 0) is 13.1 Å². The normalized spacial score (nSPS) is 13.9. The van der Waals surface area contributed by atoms with E-state index in [2.05, 4.69) is 34.0 Å². The third-order valence-corrected chi connectivity index (χ3v) is 3.45. The van der Waals surface area contributed by atoms with Crippen LogP contribution in [0.5, 0.6) is 11.5 Å². The number of hydrogen-bond donors (Lipinski definition) is 1. The maximum atomic E-state index is 5.40. The summed E-state index contributed by atoms with van der Waals surface area (Å²) in [5.41, 5.74) is 2.54. The first kappa shape index (κ1) is 10.0. The largest absolute Gasteiger partial charge is 0.495 e. The molecule has 0 bridgehead atoms.